The van der Waals surface area contributed by atoms with Crippen LogP contribution in [-0.4, -0.2) is 38.0 Å². The number of fused-ring (bicyclic) bond motifs is 5. The van der Waals surface area contributed by atoms with E-state index in [-0.39, 0.29) is 37.3 Å². The number of amides is 1. The van der Waals surface area contributed by atoms with Gasteiger partial charge in [-0.3, -0.25) is 18.6 Å². The van der Waals surface area contributed by atoms with E-state index in [1.807, 2.05) is 0 Å². The van der Waals surface area contributed by atoms with Crippen molar-refractivity contribution in [2.75, 3.05) is 6.61 Å². The first-order valence-corrected chi connectivity index (χ1v) is 16.7. The Morgan fingerprint density at radius 3 is 2.70 bits per heavy atom. The summed E-state index contributed by atoms with van der Waals surface area (Å²) >= 11 is 0. The van der Waals surface area contributed by atoms with Crippen molar-refractivity contribution in [2.45, 2.75) is 64.5 Å². The van der Waals surface area contributed by atoms with Gasteiger partial charge in [0.05, 0.1) is 41.7 Å². The average molecular weight is 664 g/mol. The molecule has 244 valence electrons. The van der Waals surface area contributed by atoms with Crippen LogP contribution in [0.25, 0.3) is 22.3 Å². The van der Waals surface area contributed by atoms with Crippen LogP contribution in [0, 0.1) is 12.7 Å². The first kappa shape index (κ1) is 31.3. The summed E-state index contributed by atoms with van der Waals surface area (Å²) in [4.78, 5) is 54.5. The number of nitrogens with one attached hydrogen (secondary N) is 1. The molecule has 2 aromatic carbocycles. The number of aliphatic hydroxyl groups is 1. The summed E-state index contributed by atoms with van der Waals surface area (Å²) in [5.41, 5.74) is 2.01. The Balaban J connectivity index is 1.24. The molecule has 1 amide bonds. The second-order valence-electron chi connectivity index (χ2n) is 12.0. The van der Waals surface area contributed by atoms with Crippen molar-refractivity contribution in [3.63, 3.8) is 0 Å². The summed E-state index contributed by atoms with van der Waals surface area (Å²) < 4.78 is 44.3. The van der Waals surface area contributed by atoms with Gasteiger partial charge in [0.1, 0.15) is 19.0 Å². The summed E-state index contributed by atoms with van der Waals surface area (Å²) in [5, 5.41) is 14.8. The van der Waals surface area contributed by atoms with E-state index in [0.29, 0.717) is 57.4 Å². The van der Waals surface area contributed by atoms with Crippen molar-refractivity contribution in [1.82, 2.24) is 14.9 Å². The molecule has 1 aliphatic carbocycles. The number of ether oxygens (including phenoxy) is 1. The number of aryl methyl sites for hydroxylation is 1. The zero-order valence-corrected chi connectivity index (χ0v) is 26.4. The number of aromatic nitrogens is 2. The SMILES string of the molecule is CC[C@@]1(O)C(=O)OCc2c1cc1n(c2=O)Cc2c-1nc1cc(F)c(C)c3c1c2[C@@H](NC(=O)COP(=O)(O)OCc1ccccc1)CC3. The second kappa shape index (κ2) is 11.5. The van der Waals surface area contributed by atoms with Crippen molar-refractivity contribution in [3.05, 3.63) is 97.6 Å². The number of benzene rings is 2. The van der Waals surface area contributed by atoms with Crippen LogP contribution in [0.1, 0.15) is 64.8 Å². The molecule has 0 fully saturated rings. The van der Waals surface area contributed by atoms with Crippen molar-refractivity contribution in [1.29, 1.82) is 0 Å². The van der Waals surface area contributed by atoms with E-state index < -0.39 is 49.3 Å². The molecule has 47 heavy (non-hydrogen) atoms. The molecular formula is C33H31FN3O9P. The Kier molecular flexibility index (Phi) is 7.64. The van der Waals surface area contributed by atoms with Gasteiger partial charge >= 0.3 is 13.8 Å². The fraction of sp³-hybridized carbons (Fsp3) is 0.333. The van der Waals surface area contributed by atoms with Gasteiger partial charge in [-0.1, -0.05) is 37.3 Å². The topological polar surface area (TPSA) is 166 Å². The highest BCUT2D eigenvalue weighted by Gasteiger charge is 2.46. The minimum absolute atomic E-state index is 0.0208. The predicted molar refractivity (Wildman–Crippen MR) is 165 cm³/mol. The fourth-order valence-corrected chi connectivity index (χ4v) is 7.51. The van der Waals surface area contributed by atoms with Crippen LogP contribution in [0.4, 0.5) is 4.39 Å². The maximum absolute atomic E-state index is 15.1. The number of hydrogen-bond acceptors (Lipinski definition) is 9. The third-order valence-corrected chi connectivity index (χ3v) is 10.2. The standard InChI is InChI=1S/C33H31FN3O9P/c1-3-33(41)22-11-26-30-20(13-37(26)31(39)21(22)15-44-32(33)40)29-24(10-9-19-17(2)23(34)12-25(36-30)28(19)29)35-27(38)16-46-47(42,43)45-14-18-7-5-4-6-8-18/h4-8,11-12,24,41H,3,9-10,13-16H2,1-2H3,(H,35,38)(H,42,43)/t24-,33-/m0/s1. The number of carbonyl (C=O) groups is 2. The highest BCUT2D eigenvalue weighted by Crippen LogP contribution is 2.47. The number of carbonyl (C=O) groups excluding carboxylic acids is 2. The molecule has 4 heterocycles. The van der Waals surface area contributed by atoms with Crippen molar-refractivity contribution in [2.24, 2.45) is 0 Å². The largest absolute Gasteiger partial charge is 0.473 e. The van der Waals surface area contributed by atoms with Gasteiger partial charge in [-0.15, -0.1) is 0 Å². The molecule has 0 spiro atoms. The molecule has 0 saturated heterocycles. The maximum Gasteiger partial charge on any atom is 0.473 e. The number of phosphoric acid groups is 1. The van der Waals surface area contributed by atoms with Gasteiger partial charge in [-0.25, -0.2) is 18.7 Å². The molecule has 14 heteroatoms. The van der Waals surface area contributed by atoms with Crippen LogP contribution >= 0.6 is 7.82 Å². The summed E-state index contributed by atoms with van der Waals surface area (Å²) in [7, 11) is -4.57. The number of halogens is 1. The molecule has 0 bridgehead atoms. The molecule has 0 radical (unpaired) electrons. The molecule has 0 saturated carbocycles. The molecule has 12 nitrogen and oxygen atoms in total. The number of hydrogen-bond donors (Lipinski definition) is 3. The van der Waals surface area contributed by atoms with Gasteiger partial charge < -0.3 is 24.6 Å². The van der Waals surface area contributed by atoms with Crippen LogP contribution in [0.2, 0.25) is 0 Å². The Morgan fingerprint density at radius 1 is 1.19 bits per heavy atom. The molecular weight excluding hydrogens is 632 g/mol. The van der Waals surface area contributed by atoms with E-state index in [2.05, 4.69) is 5.32 Å². The molecule has 4 aromatic rings. The summed E-state index contributed by atoms with van der Waals surface area (Å²) in [6.45, 7) is 2.13. The molecule has 2 aliphatic heterocycles. The van der Waals surface area contributed by atoms with Gasteiger partial charge in [0, 0.05) is 22.6 Å². The maximum atomic E-state index is 15.1. The Morgan fingerprint density at radius 2 is 1.96 bits per heavy atom. The van der Waals surface area contributed by atoms with E-state index in [0.717, 1.165) is 5.56 Å². The Labute approximate surface area is 267 Å². The first-order chi connectivity index (χ1) is 22.4. The minimum Gasteiger partial charge on any atom is -0.458 e. The van der Waals surface area contributed by atoms with Crippen molar-refractivity contribution < 1.29 is 42.3 Å². The zero-order chi connectivity index (χ0) is 33.2. The van der Waals surface area contributed by atoms with Crippen LogP contribution in [0.3, 0.4) is 0 Å². The van der Waals surface area contributed by atoms with Gasteiger partial charge in [-0.05, 0) is 54.5 Å². The number of cyclic esters (lactones) is 1. The van der Waals surface area contributed by atoms with Crippen LogP contribution in [-0.2, 0) is 59.7 Å². The Hall–Kier alpha value is -4.26. The monoisotopic (exact) mass is 663 g/mol. The summed E-state index contributed by atoms with van der Waals surface area (Å²) in [5.74, 6) is -1.97. The van der Waals surface area contributed by atoms with Crippen LogP contribution in [0.5, 0.6) is 0 Å². The zero-order valence-electron chi connectivity index (χ0n) is 25.5. The molecule has 7 rings (SSSR count). The van der Waals surface area contributed by atoms with Crippen LogP contribution in [0.15, 0.2) is 47.3 Å². The summed E-state index contributed by atoms with van der Waals surface area (Å²) in [6.07, 6.45) is 0.769. The number of nitrogens with zero attached hydrogens (tertiary/aromatic N) is 2. The van der Waals surface area contributed by atoms with E-state index in [9.17, 15) is 28.9 Å². The highest BCUT2D eigenvalue weighted by molar-refractivity contribution is 7.47. The minimum atomic E-state index is -4.57. The van der Waals surface area contributed by atoms with Crippen molar-refractivity contribution >= 4 is 30.6 Å². The van der Waals surface area contributed by atoms with E-state index in [4.69, 9.17) is 18.8 Å². The van der Waals surface area contributed by atoms with Gasteiger partial charge in [0.2, 0.25) is 5.91 Å². The highest BCUT2D eigenvalue weighted by atomic mass is 31.2. The van der Waals surface area contributed by atoms with E-state index in [1.165, 1.54) is 10.6 Å². The molecule has 1 unspecified atom stereocenters. The Bertz CT molecular complexity index is 2100. The smallest absolute Gasteiger partial charge is 0.458 e. The summed E-state index contributed by atoms with van der Waals surface area (Å²) in [6, 6.07) is 11.0. The third-order valence-electron chi connectivity index (χ3n) is 9.31. The lowest BCUT2D eigenvalue weighted by molar-refractivity contribution is -0.172. The van der Waals surface area contributed by atoms with Gasteiger partial charge in [0.25, 0.3) is 5.56 Å². The normalized spacial score (nSPS) is 20.6. The number of pyridine rings is 2. The number of phosphoric ester groups is 1. The molecule has 3 aliphatic rings. The lowest BCUT2D eigenvalue weighted by Crippen LogP contribution is -2.44. The van der Waals surface area contributed by atoms with Crippen molar-refractivity contribution in [3.8, 4) is 11.4 Å². The molecule has 2 aromatic heterocycles. The average Bonchev–Trinajstić information content (AvgIpc) is 3.43. The van der Waals surface area contributed by atoms with Gasteiger partial charge in [-0.2, -0.15) is 0 Å². The lowest BCUT2D eigenvalue weighted by Gasteiger charge is -2.31. The number of esters is 1. The quantitative estimate of drug-likeness (QED) is 0.163. The van der Waals surface area contributed by atoms with Gasteiger partial charge in [0.15, 0.2) is 5.60 Å². The fourth-order valence-electron chi connectivity index (χ4n) is 6.84. The first-order valence-electron chi connectivity index (χ1n) is 15.2. The second-order valence-corrected chi connectivity index (χ2v) is 13.4. The van der Waals surface area contributed by atoms with E-state index in [1.54, 1.807) is 50.2 Å². The van der Waals surface area contributed by atoms with Crippen LogP contribution < -0.4 is 10.9 Å². The molecule has 3 atom stereocenters. The lowest BCUT2D eigenvalue weighted by atomic mass is 9.81. The van der Waals surface area contributed by atoms with E-state index >= 15 is 4.39 Å². The molecule has 3 N–H and O–H groups in total. The predicted octanol–water partition coefficient (Wildman–Crippen LogP) is 3.96. The third kappa shape index (κ3) is 5.19. The number of rotatable bonds is 8.